The molecule has 0 aliphatic carbocycles. The van der Waals surface area contributed by atoms with Crippen molar-refractivity contribution in [2.45, 2.75) is 27.7 Å². The number of carbonyl (C=O) groups is 1. The van der Waals surface area contributed by atoms with Crippen LogP contribution in [-0.4, -0.2) is 20.9 Å². The number of hydrogen-bond acceptors (Lipinski definition) is 6. The van der Waals surface area contributed by atoms with Gasteiger partial charge in [0.1, 0.15) is 4.88 Å². The summed E-state index contributed by atoms with van der Waals surface area (Å²) in [4.78, 5) is 25.7. The highest BCUT2D eigenvalue weighted by Gasteiger charge is 2.14. The number of carbonyl (C=O) groups excluding carboxylic acids is 1. The first-order valence-corrected chi connectivity index (χ1v) is 8.66. The van der Waals surface area contributed by atoms with Gasteiger partial charge in [-0.25, -0.2) is 15.0 Å². The Balaban J connectivity index is 1.75. The van der Waals surface area contributed by atoms with Crippen LogP contribution >= 0.6 is 11.3 Å². The minimum atomic E-state index is -0.175. The van der Waals surface area contributed by atoms with Crippen molar-refractivity contribution in [2.75, 3.05) is 10.6 Å². The second-order valence-corrected chi connectivity index (χ2v) is 6.93. The van der Waals surface area contributed by atoms with Gasteiger partial charge in [0.25, 0.3) is 5.91 Å². The Bertz CT molecular complexity index is 912. The molecule has 1 amide bonds. The number of thiazole rings is 1. The quantitative estimate of drug-likeness (QED) is 0.736. The van der Waals surface area contributed by atoms with E-state index in [1.54, 1.807) is 12.4 Å². The maximum absolute atomic E-state index is 12.5. The summed E-state index contributed by atoms with van der Waals surface area (Å²) in [5.74, 6) is 0.289. The average molecular weight is 353 g/mol. The molecular weight excluding hydrogens is 334 g/mol. The lowest BCUT2D eigenvalue weighted by Crippen LogP contribution is -2.12. The SMILES string of the molecule is Cc1cc(C)c(NC(=O)c2cnc(Nc3nccc(C)n3)s2)c(C)c1. The zero-order chi connectivity index (χ0) is 18.0. The summed E-state index contributed by atoms with van der Waals surface area (Å²) < 4.78 is 0. The molecule has 2 N–H and O–H groups in total. The lowest BCUT2D eigenvalue weighted by atomic mass is 10.1. The van der Waals surface area contributed by atoms with Crippen LogP contribution < -0.4 is 10.6 Å². The number of aromatic nitrogens is 3. The number of rotatable bonds is 4. The number of amides is 1. The fourth-order valence-corrected chi connectivity index (χ4v) is 3.30. The van der Waals surface area contributed by atoms with Gasteiger partial charge < -0.3 is 10.6 Å². The maximum atomic E-state index is 12.5. The Morgan fingerprint density at radius 1 is 1.08 bits per heavy atom. The second kappa shape index (κ2) is 6.98. The summed E-state index contributed by atoms with van der Waals surface area (Å²) in [7, 11) is 0. The van der Waals surface area contributed by atoms with Gasteiger partial charge in [0.15, 0.2) is 5.13 Å². The third kappa shape index (κ3) is 4.00. The summed E-state index contributed by atoms with van der Waals surface area (Å²) in [5, 5.41) is 6.58. The van der Waals surface area contributed by atoms with Gasteiger partial charge in [0.05, 0.1) is 6.20 Å². The van der Waals surface area contributed by atoms with E-state index in [4.69, 9.17) is 0 Å². The average Bonchev–Trinajstić information content (AvgIpc) is 2.99. The normalized spacial score (nSPS) is 10.6. The van der Waals surface area contributed by atoms with E-state index in [9.17, 15) is 4.79 Å². The highest BCUT2D eigenvalue weighted by atomic mass is 32.1. The van der Waals surface area contributed by atoms with Crippen LogP contribution in [0.4, 0.5) is 16.8 Å². The Kier molecular flexibility index (Phi) is 4.76. The van der Waals surface area contributed by atoms with Gasteiger partial charge in [-0.05, 0) is 44.9 Å². The van der Waals surface area contributed by atoms with Crippen LogP contribution in [0, 0.1) is 27.7 Å². The summed E-state index contributed by atoms with van der Waals surface area (Å²) in [6, 6.07) is 5.92. The first-order chi connectivity index (χ1) is 11.9. The third-order valence-electron chi connectivity index (χ3n) is 3.66. The van der Waals surface area contributed by atoms with Crippen LogP contribution in [0.2, 0.25) is 0 Å². The summed E-state index contributed by atoms with van der Waals surface area (Å²) >= 11 is 1.26. The lowest BCUT2D eigenvalue weighted by molar-refractivity contribution is 0.103. The number of aryl methyl sites for hydroxylation is 4. The van der Waals surface area contributed by atoms with Crippen molar-refractivity contribution < 1.29 is 4.79 Å². The van der Waals surface area contributed by atoms with Crippen LogP contribution in [0.25, 0.3) is 0 Å². The minimum Gasteiger partial charge on any atom is -0.321 e. The van der Waals surface area contributed by atoms with Gasteiger partial charge in [-0.2, -0.15) is 0 Å². The largest absolute Gasteiger partial charge is 0.321 e. The van der Waals surface area contributed by atoms with E-state index in [0.717, 1.165) is 22.5 Å². The second-order valence-electron chi connectivity index (χ2n) is 5.90. The molecule has 0 spiro atoms. The molecule has 7 heteroatoms. The number of anilines is 3. The van der Waals surface area contributed by atoms with Gasteiger partial charge >= 0.3 is 0 Å². The van der Waals surface area contributed by atoms with Crippen molar-refractivity contribution in [2.24, 2.45) is 0 Å². The number of nitrogens with one attached hydrogen (secondary N) is 2. The zero-order valence-corrected chi connectivity index (χ0v) is 15.4. The predicted molar refractivity (Wildman–Crippen MR) is 101 cm³/mol. The molecule has 0 unspecified atom stereocenters. The highest BCUT2D eigenvalue weighted by molar-refractivity contribution is 7.17. The van der Waals surface area contributed by atoms with Gasteiger partial charge in [-0.1, -0.05) is 29.0 Å². The molecule has 0 aliphatic rings. The van der Waals surface area contributed by atoms with Crippen molar-refractivity contribution >= 4 is 34.0 Å². The molecule has 0 fully saturated rings. The van der Waals surface area contributed by atoms with Gasteiger partial charge in [0.2, 0.25) is 5.95 Å². The van der Waals surface area contributed by atoms with Crippen LogP contribution in [0.5, 0.6) is 0 Å². The fourth-order valence-electron chi connectivity index (χ4n) is 2.59. The Hall–Kier alpha value is -2.80. The third-order valence-corrected chi connectivity index (χ3v) is 4.57. The fraction of sp³-hybridized carbons (Fsp3) is 0.222. The molecule has 3 aromatic rings. The molecule has 25 heavy (non-hydrogen) atoms. The molecule has 0 bridgehead atoms. The predicted octanol–water partition coefficient (Wildman–Crippen LogP) is 4.16. The summed E-state index contributed by atoms with van der Waals surface area (Å²) in [5.41, 5.74) is 4.97. The smallest absolute Gasteiger partial charge is 0.267 e. The van der Waals surface area contributed by atoms with Crippen LogP contribution in [0.3, 0.4) is 0 Å². The van der Waals surface area contributed by atoms with E-state index >= 15 is 0 Å². The molecule has 2 aromatic heterocycles. The maximum Gasteiger partial charge on any atom is 0.267 e. The molecule has 128 valence electrons. The van der Waals surface area contributed by atoms with Gasteiger partial charge in [-0.3, -0.25) is 4.79 Å². The summed E-state index contributed by atoms with van der Waals surface area (Å²) in [6.07, 6.45) is 3.23. The highest BCUT2D eigenvalue weighted by Crippen LogP contribution is 2.25. The Morgan fingerprint density at radius 2 is 1.80 bits per heavy atom. The number of benzene rings is 1. The number of hydrogen-bond donors (Lipinski definition) is 2. The lowest BCUT2D eigenvalue weighted by Gasteiger charge is -2.11. The van der Waals surface area contributed by atoms with E-state index in [2.05, 4.69) is 37.7 Å². The topological polar surface area (TPSA) is 79.8 Å². The van der Waals surface area contributed by atoms with E-state index < -0.39 is 0 Å². The van der Waals surface area contributed by atoms with Gasteiger partial charge in [0, 0.05) is 17.6 Å². The van der Waals surface area contributed by atoms with E-state index in [-0.39, 0.29) is 5.91 Å². The van der Waals surface area contributed by atoms with Crippen molar-refractivity contribution in [1.29, 1.82) is 0 Å². The molecule has 0 atom stereocenters. The van der Waals surface area contributed by atoms with Crippen molar-refractivity contribution in [3.8, 4) is 0 Å². The van der Waals surface area contributed by atoms with E-state index in [1.165, 1.54) is 16.9 Å². The first kappa shape index (κ1) is 17.0. The monoisotopic (exact) mass is 353 g/mol. The van der Waals surface area contributed by atoms with Crippen molar-refractivity contribution in [3.63, 3.8) is 0 Å². The van der Waals surface area contributed by atoms with Crippen molar-refractivity contribution in [1.82, 2.24) is 15.0 Å². The summed E-state index contributed by atoms with van der Waals surface area (Å²) in [6.45, 7) is 7.91. The Labute approximate surface area is 150 Å². The molecule has 2 heterocycles. The molecule has 0 radical (unpaired) electrons. The Morgan fingerprint density at radius 3 is 2.48 bits per heavy atom. The van der Waals surface area contributed by atoms with Gasteiger partial charge in [-0.15, -0.1) is 0 Å². The molecule has 0 saturated carbocycles. The molecular formula is C18H19N5OS. The number of nitrogens with zero attached hydrogens (tertiary/aromatic N) is 3. The standard InChI is InChI=1S/C18H19N5OS/c1-10-7-11(2)15(12(3)8-10)22-16(24)14-9-20-18(25-14)23-17-19-6-5-13(4)21-17/h5-9H,1-4H3,(H,22,24)(H,19,20,21,23). The minimum absolute atomic E-state index is 0.175. The van der Waals surface area contributed by atoms with Crippen LogP contribution in [0.15, 0.2) is 30.6 Å². The molecule has 0 saturated heterocycles. The van der Waals surface area contributed by atoms with Crippen molar-refractivity contribution in [3.05, 3.63) is 57.9 Å². The zero-order valence-electron chi connectivity index (χ0n) is 14.5. The molecule has 1 aromatic carbocycles. The molecule has 6 nitrogen and oxygen atoms in total. The van der Waals surface area contributed by atoms with E-state index in [0.29, 0.717) is 16.0 Å². The molecule has 3 rings (SSSR count). The van der Waals surface area contributed by atoms with E-state index in [1.807, 2.05) is 33.8 Å². The first-order valence-electron chi connectivity index (χ1n) is 7.84. The van der Waals surface area contributed by atoms with Crippen LogP contribution in [-0.2, 0) is 0 Å². The van der Waals surface area contributed by atoms with Crippen LogP contribution in [0.1, 0.15) is 32.1 Å². The molecule has 0 aliphatic heterocycles.